The van der Waals surface area contributed by atoms with Crippen molar-refractivity contribution in [2.45, 2.75) is 13.0 Å². The molecule has 0 saturated heterocycles. The molecule has 1 aromatic carbocycles. The fourth-order valence-corrected chi connectivity index (χ4v) is 3.58. The lowest BCUT2D eigenvalue weighted by Crippen LogP contribution is -2.27. The van der Waals surface area contributed by atoms with Gasteiger partial charge in [0.2, 0.25) is 0 Å². The number of halogens is 3. The van der Waals surface area contributed by atoms with Gasteiger partial charge in [-0.15, -0.1) is 11.3 Å². The second kappa shape index (κ2) is 7.11. The highest BCUT2D eigenvalue weighted by molar-refractivity contribution is 7.13. The lowest BCUT2D eigenvalue weighted by atomic mass is 10.1. The Morgan fingerprint density at radius 3 is 2.80 bits per heavy atom. The van der Waals surface area contributed by atoms with E-state index in [2.05, 4.69) is 15.4 Å². The van der Waals surface area contributed by atoms with Gasteiger partial charge < -0.3 is 5.32 Å². The summed E-state index contributed by atoms with van der Waals surface area (Å²) < 4.78 is 15.3. The number of aryl methyl sites for hydroxylation is 1. The molecule has 1 amide bonds. The lowest BCUT2D eigenvalue weighted by molar-refractivity contribution is 0.0935. The molecule has 2 aromatic heterocycles. The molecule has 0 saturated carbocycles. The van der Waals surface area contributed by atoms with Crippen molar-refractivity contribution in [3.05, 3.63) is 57.0 Å². The Balaban J connectivity index is 1.76. The van der Waals surface area contributed by atoms with Crippen LogP contribution < -0.4 is 5.32 Å². The second-order valence-corrected chi connectivity index (χ2v) is 7.10. The van der Waals surface area contributed by atoms with Gasteiger partial charge in [-0.2, -0.15) is 5.10 Å². The number of thiazole rings is 1. The summed E-state index contributed by atoms with van der Waals surface area (Å²) in [5, 5.41) is 9.42. The average Bonchev–Trinajstić information content (AvgIpc) is 3.19. The molecular formula is C16H13Cl2FN4OS. The van der Waals surface area contributed by atoms with Gasteiger partial charge in [0.1, 0.15) is 16.5 Å². The molecule has 0 spiro atoms. The van der Waals surface area contributed by atoms with Crippen molar-refractivity contribution in [3.8, 4) is 10.6 Å². The summed E-state index contributed by atoms with van der Waals surface area (Å²) in [5.74, 6) is -0.958. The van der Waals surface area contributed by atoms with E-state index in [9.17, 15) is 9.18 Å². The molecule has 2 heterocycles. The van der Waals surface area contributed by atoms with Gasteiger partial charge in [-0.25, -0.2) is 9.37 Å². The van der Waals surface area contributed by atoms with Crippen LogP contribution in [0.1, 0.15) is 29.0 Å². The van der Waals surface area contributed by atoms with Crippen LogP contribution >= 0.6 is 34.5 Å². The minimum Gasteiger partial charge on any atom is -0.344 e. The standard InChI is InChI=1S/C16H13Cl2FN4OS/c1-8(10-3-13(19)12(18)4-11(10)17)21-15(24)14-7-25-16(22-14)9-5-20-23(2)6-9/h3-8H,1-2H3,(H,21,24). The van der Waals surface area contributed by atoms with Gasteiger partial charge in [0.15, 0.2) is 0 Å². The third kappa shape index (κ3) is 3.84. The topological polar surface area (TPSA) is 59.8 Å². The first-order chi connectivity index (χ1) is 11.8. The number of nitrogens with one attached hydrogen (secondary N) is 1. The largest absolute Gasteiger partial charge is 0.344 e. The van der Waals surface area contributed by atoms with E-state index in [0.717, 1.165) is 5.56 Å². The molecule has 0 aliphatic heterocycles. The summed E-state index contributed by atoms with van der Waals surface area (Å²) >= 11 is 13.1. The monoisotopic (exact) mass is 398 g/mol. The molecule has 0 aliphatic carbocycles. The zero-order chi connectivity index (χ0) is 18.1. The van der Waals surface area contributed by atoms with Gasteiger partial charge in [0.05, 0.1) is 17.3 Å². The smallest absolute Gasteiger partial charge is 0.271 e. The van der Waals surface area contributed by atoms with Gasteiger partial charge in [-0.3, -0.25) is 9.48 Å². The SMILES string of the molecule is CC(NC(=O)c1csc(-c2cnn(C)c2)n1)c1cc(F)c(Cl)cc1Cl. The van der Waals surface area contributed by atoms with Gasteiger partial charge >= 0.3 is 0 Å². The van der Waals surface area contributed by atoms with E-state index in [0.29, 0.717) is 10.6 Å². The van der Waals surface area contributed by atoms with Crippen molar-refractivity contribution < 1.29 is 9.18 Å². The number of hydrogen-bond donors (Lipinski definition) is 1. The van der Waals surface area contributed by atoms with E-state index in [4.69, 9.17) is 23.2 Å². The molecule has 9 heteroatoms. The van der Waals surface area contributed by atoms with E-state index in [1.165, 1.54) is 23.5 Å². The number of nitrogens with zero attached hydrogens (tertiary/aromatic N) is 3. The Labute approximate surface area is 157 Å². The molecule has 0 aliphatic rings. The maximum atomic E-state index is 13.7. The van der Waals surface area contributed by atoms with Gasteiger partial charge in [-0.05, 0) is 24.6 Å². The highest BCUT2D eigenvalue weighted by atomic mass is 35.5. The Morgan fingerprint density at radius 1 is 1.36 bits per heavy atom. The highest BCUT2D eigenvalue weighted by Crippen LogP contribution is 2.29. The van der Waals surface area contributed by atoms with E-state index >= 15 is 0 Å². The normalized spacial score (nSPS) is 12.2. The first-order valence-electron chi connectivity index (χ1n) is 7.25. The van der Waals surface area contributed by atoms with Crippen LogP contribution in [0.5, 0.6) is 0 Å². The summed E-state index contributed by atoms with van der Waals surface area (Å²) in [7, 11) is 1.81. The molecule has 25 heavy (non-hydrogen) atoms. The maximum Gasteiger partial charge on any atom is 0.271 e. The van der Waals surface area contributed by atoms with Crippen LogP contribution in [0.4, 0.5) is 4.39 Å². The predicted octanol–water partition coefficient (Wildman–Crippen LogP) is 4.48. The number of carbonyl (C=O) groups is 1. The quantitative estimate of drug-likeness (QED) is 0.658. The maximum absolute atomic E-state index is 13.7. The molecule has 0 fully saturated rings. The number of benzene rings is 1. The fraction of sp³-hybridized carbons (Fsp3) is 0.188. The average molecular weight is 399 g/mol. The molecular weight excluding hydrogens is 386 g/mol. The lowest BCUT2D eigenvalue weighted by Gasteiger charge is -2.15. The Kier molecular flexibility index (Phi) is 5.08. The van der Waals surface area contributed by atoms with Crippen LogP contribution in [-0.4, -0.2) is 20.7 Å². The number of amides is 1. The summed E-state index contributed by atoms with van der Waals surface area (Å²) in [5.41, 5.74) is 1.56. The summed E-state index contributed by atoms with van der Waals surface area (Å²) in [6, 6.07) is 2.03. The van der Waals surface area contributed by atoms with Crippen LogP contribution in [0.15, 0.2) is 29.9 Å². The van der Waals surface area contributed by atoms with Crippen LogP contribution in [0.3, 0.4) is 0 Å². The van der Waals surface area contributed by atoms with Crippen molar-refractivity contribution in [1.82, 2.24) is 20.1 Å². The molecule has 130 valence electrons. The zero-order valence-electron chi connectivity index (χ0n) is 13.3. The zero-order valence-corrected chi connectivity index (χ0v) is 15.6. The van der Waals surface area contributed by atoms with E-state index < -0.39 is 11.9 Å². The van der Waals surface area contributed by atoms with Crippen LogP contribution in [0.2, 0.25) is 10.0 Å². The van der Waals surface area contributed by atoms with E-state index in [-0.39, 0.29) is 21.6 Å². The van der Waals surface area contributed by atoms with Gasteiger partial charge in [-0.1, -0.05) is 23.2 Å². The van der Waals surface area contributed by atoms with E-state index in [1.807, 2.05) is 6.20 Å². The van der Waals surface area contributed by atoms with Crippen molar-refractivity contribution in [3.63, 3.8) is 0 Å². The Hall–Kier alpha value is -1.96. The number of carbonyl (C=O) groups excluding carboxylic acids is 1. The van der Waals surface area contributed by atoms with Crippen molar-refractivity contribution in [2.24, 2.45) is 7.05 Å². The minimum absolute atomic E-state index is 0.0621. The van der Waals surface area contributed by atoms with Crippen molar-refractivity contribution >= 4 is 40.4 Å². The molecule has 5 nitrogen and oxygen atoms in total. The molecule has 3 aromatic rings. The van der Waals surface area contributed by atoms with Crippen LogP contribution in [0, 0.1) is 5.82 Å². The van der Waals surface area contributed by atoms with Gasteiger partial charge in [0.25, 0.3) is 5.91 Å². The fourth-order valence-electron chi connectivity index (χ4n) is 2.26. The van der Waals surface area contributed by atoms with Crippen LogP contribution in [0.25, 0.3) is 10.6 Å². The molecule has 1 N–H and O–H groups in total. The second-order valence-electron chi connectivity index (χ2n) is 5.42. The summed E-state index contributed by atoms with van der Waals surface area (Å²) in [4.78, 5) is 16.7. The highest BCUT2D eigenvalue weighted by Gasteiger charge is 2.18. The van der Waals surface area contributed by atoms with Crippen LogP contribution in [-0.2, 0) is 7.05 Å². The van der Waals surface area contributed by atoms with Crippen molar-refractivity contribution in [1.29, 1.82) is 0 Å². The van der Waals surface area contributed by atoms with Gasteiger partial charge in [0, 0.05) is 29.2 Å². The number of aromatic nitrogens is 3. The summed E-state index contributed by atoms with van der Waals surface area (Å²) in [6.07, 6.45) is 3.50. The third-order valence-corrected chi connectivity index (χ3v) is 5.05. The van der Waals surface area contributed by atoms with E-state index in [1.54, 1.807) is 30.2 Å². The molecule has 3 rings (SSSR count). The first-order valence-corrected chi connectivity index (χ1v) is 8.88. The molecule has 1 unspecified atom stereocenters. The predicted molar refractivity (Wildman–Crippen MR) is 96.6 cm³/mol. The molecule has 0 radical (unpaired) electrons. The number of rotatable bonds is 4. The third-order valence-electron chi connectivity index (χ3n) is 3.54. The molecule has 1 atom stereocenters. The first kappa shape index (κ1) is 17.8. The molecule has 0 bridgehead atoms. The Bertz CT molecular complexity index is 940. The minimum atomic E-state index is -0.588. The van der Waals surface area contributed by atoms with Crippen molar-refractivity contribution in [2.75, 3.05) is 0 Å². The number of hydrogen-bond acceptors (Lipinski definition) is 4. The Morgan fingerprint density at radius 2 is 2.12 bits per heavy atom. The summed E-state index contributed by atoms with van der Waals surface area (Å²) in [6.45, 7) is 1.71.